The second-order valence-electron chi connectivity index (χ2n) is 10.1. The van der Waals surface area contributed by atoms with E-state index in [0.29, 0.717) is 17.8 Å². The summed E-state index contributed by atoms with van der Waals surface area (Å²) in [6, 6.07) is 9.89. The van der Waals surface area contributed by atoms with Crippen molar-refractivity contribution in [2.45, 2.75) is 83.8 Å². The molecule has 1 fully saturated rings. The van der Waals surface area contributed by atoms with Crippen molar-refractivity contribution < 1.29 is 14.0 Å². The zero-order valence-corrected chi connectivity index (χ0v) is 19.8. The van der Waals surface area contributed by atoms with Gasteiger partial charge in [-0.15, -0.1) is 0 Å². The number of aryl methyl sites for hydroxylation is 2. The van der Waals surface area contributed by atoms with Crippen molar-refractivity contribution in [1.29, 1.82) is 0 Å². The maximum atomic E-state index is 13.9. The highest BCUT2D eigenvalue weighted by Gasteiger charge is 2.49. The number of aromatic nitrogens is 1. The van der Waals surface area contributed by atoms with Crippen molar-refractivity contribution in [3.63, 3.8) is 0 Å². The lowest BCUT2D eigenvalue weighted by atomic mass is 9.91. The summed E-state index contributed by atoms with van der Waals surface area (Å²) in [5.41, 5.74) is 3.91. The first-order valence-corrected chi connectivity index (χ1v) is 12.2. The molecule has 1 aliphatic heterocycles. The Kier molecular flexibility index (Phi) is 5.55. The van der Waals surface area contributed by atoms with Crippen LogP contribution in [0.1, 0.15) is 73.5 Å². The Labute approximate surface area is 194 Å². The first kappa shape index (κ1) is 21.8. The summed E-state index contributed by atoms with van der Waals surface area (Å²) in [6.07, 6.45) is 9.64. The van der Waals surface area contributed by atoms with Gasteiger partial charge in [0.2, 0.25) is 5.91 Å². The largest absolute Gasteiger partial charge is 0.463 e. The van der Waals surface area contributed by atoms with E-state index in [-0.39, 0.29) is 17.9 Å². The van der Waals surface area contributed by atoms with Crippen molar-refractivity contribution >= 4 is 28.6 Å². The molecule has 0 unspecified atom stereocenters. The average molecular weight is 448 g/mol. The van der Waals surface area contributed by atoms with Crippen LogP contribution in [0.25, 0.3) is 11.1 Å². The zero-order chi connectivity index (χ0) is 23.2. The van der Waals surface area contributed by atoms with Gasteiger partial charge in [-0.05, 0) is 56.9 Å². The summed E-state index contributed by atoms with van der Waals surface area (Å²) in [5, 5.41) is 3.34. The number of amides is 2. The minimum Gasteiger partial charge on any atom is -0.463 e. The van der Waals surface area contributed by atoms with E-state index in [9.17, 15) is 9.59 Å². The molecule has 6 nitrogen and oxygen atoms in total. The Balaban J connectivity index is 1.57. The van der Waals surface area contributed by atoms with Gasteiger partial charge in [0, 0.05) is 23.9 Å². The summed E-state index contributed by atoms with van der Waals surface area (Å²) in [4.78, 5) is 29.6. The van der Waals surface area contributed by atoms with E-state index < -0.39 is 5.54 Å². The Morgan fingerprint density at radius 2 is 1.70 bits per heavy atom. The Hall–Kier alpha value is -3.02. The lowest BCUT2D eigenvalue weighted by Gasteiger charge is -2.44. The third-order valence-electron chi connectivity index (χ3n) is 7.30. The highest BCUT2D eigenvalue weighted by Crippen LogP contribution is 2.37. The molecule has 2 aromatic heterocycles. The molecule has 5 rings (SSSR count). The van der Waals surface area contributed by atoms with Crippen molar-refractivity contribution in [1.82, 2.24) is 9.88 Å². The molecule has 1 N–H and O–H groups in total. The molecule has 0 bridgehead atoms. The first-order valence-electron chi connectivity index (χ1n) is 12.2. The van der Waals surface area contributed by atoms with Crippen LogP contribution >= 0.6 is 0 Å². The summed E-state index contributed by atoms with van der Waals surface area (Å²) in [6.45, 7) is 6.32. The van der Waals surface area contributed by atoms with E-state index in [1.807, 2.05) is 43.5 Å². The average Bonchev–Trinajstić information content (AvgIpc) is 3.31. The van der Waals surface area contributed by atoms with Crippen LogP contribution in [0.4, 0.5) is 5.69 Å². The predicted octanol–water partition coefficient (Wildman–Crippen LogP) is 5.50. The lowest BCUT2D eigenvalue weighted by Crippen LogP contribution is -2.65. The van der Waals surface area contributed by atoms with Crippen LogP contribution in [-0.4, -0.2) is 28.0 Å². The molecule has 3 aromatic rings. The molecular weight excluding hydrogens is 414 g/mol. The molecule has 1 aromatic carbocycles. The smallest absolute Gasteiger partial charge is 0.276 e. The van der Waals surface area contributed by atoms with Crippen molar-refractivity contribution in [3.05, 3.63) is 53.4 Å². The summed E-state index contributed by atoms with van der Waals surface area (Å²) in [7, 11) is 0. The van der Waals surface area contributed by atoms with Gasteiger partial charge in [0.25, 0.3) is 5.91 Å². The number of hydrogen-bond acceptors (Lipinski definition) is 3. The number of rotatable bonds is 3. The standard InChI is InChI=1S/C27H33N3O3/c1-18-13-19(2)15-21(14-18)30-25(31)23-16-24-22(11-12-33-24)29(23)17-27(30,3)26(32)28-20-9-7-5-4-6-8-10-20/h11-16,20H,4-10,17H2,1-3H3,(H,28,32)/t27-/m1/s1. The van der Waals surface area contributed by atoms with Gasteiger partial charge in [0.1, 0.15) is 11.2 Å². The highest BCUT2D eigenvalue weighted by molar-refractivity contribution is 6.13. The van der Waals surface area contributed by atoms with Gasteiger partial charge in [0.15, 0.2) is 5.58 Å². The monoisotopic (exact) mass is 447 g/mol. The Morgan fingerprint density at radius 1 is 1.03 bits per heavy atom. The summed E-state index contributed by atoms with van der Waals surface area (Å²) >= 11 is 0. The van der Waals surface area contributed by atoms with E-state index in [0.717, 1.165) is 48.0 Å². The number of nitrogens with one attached hydrogen (secondary N) is 1. The van der Waals surface area contributed by atoms with Crippen molar-refractivity contribution in [2.24, 2.45) is 0 Å². The molecule has 2 aliphatic rings. The molecule has 0 saturated heterocycles. The van der Waals surface area contributed by atoms with E-state index in [2.05, 4.69) is 11.4 Å². The second-order valence-corrected chi connectivity index (χ2v) is 10.1. The summed E-state index contributed by atoms with van der Waals surface area (Å²) in [5.74, 6) is -0.260. The molecule has 0 radical (unpaired) electrons. The number of hydrogen-bond donors (Lipinski definition) is 1. The quantitative estimate of drug-likeness (QED) is 0.576. The molecule has 1 aliphatic carbocycles. The molecular formula is C27H33N3O3. The number of anilines is 1. The normalized spacial score (nSPS) is 22.2. The van der Waals surface area contributed by atoms with Gasteiger partial charge in [0.05, 0.1) is 18.3 Å². The van der Waals surface area contributed by atoms with E-state index >= 15 is 0 Å². The van der Waals surface area contributed by atoms with Gasteiger partial charge in [-0.2, -0.15) is 0 Å². The van der Waals surface area contributed by atoms with E-state index in [4.69, 9.17) is 4.42 Å². The topological polar surface area (TPSA) is 67.5 Å². The maximum absolute atomic E-state index is 13.9. The maximum Gasteiger partial charge on any atom is 0.276 e. The van der Waals surface area contributed by atoms with E-state index in [1.54, 1.807) is 17.2 Å². The zero-order valence-electron chi connectivity index (χ0n) is 19.8. The van der Waals surface area contributed by atoms with Crippen LogP contribution in [0.2, 0.25) is 0 Å². The van der Waals surface area contributed by atoms with Gasteiger partial charge in [-0.1, -0.05) is 38.2 Å². The van der Waals surface area contributed by atoms with Gasteiger partial charge >= 0.3 is 0 Å². The van der Waals surface area contributed by atoms with E-state index in [1.165, 1.54) is 19.3 Å². The number of nitrogens with zero attached hydrogens (tertiary/aromatic N) is 2. The fourth-order valence-electron chi connectivity index (χ4n) is 5.64. The van der Waals surface area contributed by atoms with Gasteiger partial charge in [-0.25, -0.2) is 0 Å². The summed E-state index contributed by atoms with van der Waals surface area (Å²) < 4.78 is 7.52. The molecule has 33 heavy (non-hydrogen) atoms. The number of fused-ring (bicyclic) bond motifs is 3. The van der Waals surface area contributed by atoms with Crippen molar-refractivity contribution in [3.8, 4) is 0 Å². The second kappa shape index (κ2) is 8.40. The predicted molar refractivity (Wildman–Crippen MR) is 130 cm³/mol. The van der Waals surface area contributed by atoms with Crippen LogP contribution in [0.3, 0.4) is 0 Å². The van der Waals surface area contributed by atoms with Crippen LogP contribution in [0.5, 0.6) is 0 Å². The van der Waals surface area contributed by atoms with Crippen molar-refractivity contribution in [2.75, 3.05) is 4.90 Å². The van der Waals surface area contributed by atoms with Crippen LogP contribution in [0, 0.1) is 13.8 Å². The molecule has 1 atom stereocenters. The molecule has 174 valence electrons. The number of carbonyl (C=O) groups excluding carboxylic acids is 2. The molecule has 3 heterocycles. The number of furan rings is 1. The highest BCUT2D eigenvalue weighted by atomic mass is 16.3. The molecule has 2 amide bonds. The van der Waals surface area contributed by atoms with Crippen LogP contribution in [-0.2, 0) is 11.3 Å². The first-order chi connectivity index (χ1) is 15.9. The minimum absolute atomic E-state index is 0.0865. The Morgan fingerprint density at radius 3 is 2.39 bits per heavy atom. The molecule has 1 saturated carbocycles. The third-order valence-corrected chi connectivity index (χ3v) is 7.30. The van der Waals surface area contributed by atoms with Gasteiger partial charge in [-0.3, -0.25) is 14.5 Å². The van der Waals surface area contributed by atoms with Crippen LogP contribution < -0.4 is 10.2 Å². The fourth-order valence-corrected chi connectivity index (χ4v) is 5.64. The number of carbonyl (C=O) groups is 2. The minimum atomic E-state index is -1.06. The number of benzene rings is 1. The lowest BCUT2D eigenvalue weighted by molar-refractivity contribution is -0.127. The van der Waals surface area contributed by atoms with Crippen LogP contribution in [0.15, 0.2) is 41.0 Å². The SMILES string of the molecule is Cc1cc(C)cc(N2C(=O)c3cc4occc4n3C[C@]2(C)C(=O)NC2CCCCCCC2)c1. The third kappa shape index (κ3) is 3.85. The fraction of sp³-hybridized carbons (Fsp3) is 0.481. The molecule has 0 spiro atoms. The Bertz CT molecular complexity index is 1180. The van der Waals surface area contributed by atoms with Gasteiger partial charge < -0.3 is 14.3 Å². The molecule has 6 heteroatoms.